The topological polar surface area (TPSA) is 50.1 Å². The van der Waals surface area contributed by atoms with Gasteiger partial charge in [-0.3, -0.25) is 4.79 Å². The summed E-state index contributed by atoms with van der Waals surface area (Å²) < 4.78 is 5.04. The van der Waals surface area contributed by atoms with E-state index in [1.807, 2.05) is 30.3 Å². The van der Waals surface area contributed by atoms with Gasteiger partial charge in [0.25, 0.3) is 0 Å². The number of carbonyl (C=O) groups is 1. The van der Waals surface area contributed by atoms with Crippen LogP contribution in [0, 0.1) is 17.2 Å². The average Bonchev–Trinajstić information content (AvgIpc) is 2.34. The van der Waals surface area contributed by atoms with E-state index < -0.39 is 5.92 Å². The molecule has 1 fully saturated rings. The SMILES string of the molecule is CCOC(=O)C(C#N)C1(c2ccccc2)CCC1. The molecule has 3 heteroatoms. The van der Waals surface area contributed by atoms with Crippen molar-refractivity contribution in [2.75, 3.05) is 6.61 Å². The summed E-state index contributed by atoms with van der Waals surface area (Å²) in [4.78, 5) is 11.9. The summed E-state index contributed by atoms with van der Waals surface area (Å²) in [6, 6.07) is 12.0. The highest BCUT2D eigenvalue weighted by Gasteiger charge is 2.49. The third-order valence-electron chi connectivity index (χ3n) is 3.80. The van der Waals surface area contributed by atoms with E-state index in [2.05, 4.69) is 6.07 Å². The predicted octanol–water partition coefficient (Wildman–Crippen LogP) is 2.81. The lowest BCUT2D eigenvalue weighted by atomic mass is 9.58. The summed E-state index contributed by atoms with van der Waals surface area (Å²) in [6.07, 6.45) is 2.83. The van der Waals surface area contributed by atoms with Crippen LogP contribution in [0.5, 0.6) is 0 Å². The maximum absolute atomic E-state index is 11.9. The molecule has 0 amide bonds. The molecule has 0 radical (unpaired) electrons. The first-order valence-electron chi connectivity index (χ1n) is 6.36. The van der Waals surface area contributed by atoms with Crippen LogP contribution in [-0.4, -0.2) is 12.6 Å². The first-order chi connectivity index (χ1) is 8.74. The summed E-state index contributed by atoms with van der Waals surface area (Å²) in [6.45, 7) is 2.09. The van der Waals surface area contributed by atoms with Gasteiger partial charge < -0.3 is 4.74 Å². The molecule has 3 nitrogen and oxygen atoms in total. The summed E-state index contributed by atoms with van der Waals surface area (Å²) in [5.74, 6) is -1.07. The first-order valence-corrected chi connectivity index (χ1v) is 6.36. The average molecular weight is 243 g/mol. The highest BCUT2D eigenvalue weighted by molar-refractivity contribution is 5.78. The lowest BCUT2D eigenvalue weighted by Gasteiger charge is -2.44. The molecule has 1 aromatic rings. The van der Waals surface area contributed by atoms with Crippen LogP contribution in [0.2, 0.25) is 0 Å². The molecule has 1 aliphatic carbocycles. The molecule has 1 saturated carbocycles. The van der Waals surface area contributed by atoms with E-state index in [-0.39, 0.29) is 11.4 Å². The fraction of sp³-hybridized carbons (Fsp3) is 0.467. The largest absolute Gasteiger partial charge is 0.465 e. The number of nitriles is 1. The Morgan fingerprint density at radius 1 is 1.44 bits per heavy atom. The first kappa shape index (κ1) is 12.6. The van der Waals surface area contributed by atoms with Crippen molar-refractivity contribution in [1.29, 1.82) is 5.26 Å². The van der Waals surface area contributed by atoms with Crippen LogP contribution >= 0.6 is 0 Å². The molecular formula is C15H17NO2. The second kappa shape index (κ2) is 5.22. The summed E-state index contributed by atoms with van der Waals surface area (Å²) in [5.41, 5.74) is 0.748. The smallest absolute Gasteiger partial charge is 0.324 e. The van der Waals surface area contributed by atoms with Crippen LogP contribution < -0.4 is 0 Å². The van der Waals surface area contributed by atoms with Crippen molar-refractivity contribution in [2.24, 2.45) is 5.92 Å². The number of rotatable bonds is 4. The van der Waals surface area contributed by atoms with E-state index in [4.69, 9.17) is 4.74 Å². The number of carbonyl (C=O) groups excluding carboxylic acids is 1. The van der Waals surface area contributed by atoms with Gasteiger partial charge in [0.1, 0.15) is 0 Å². The van der Waals surface area contributed by atoms with Crippen molar-refractivity contribution in [3.8, 4) is 6.07 Å². The molecule has 0 N–H and O–H groups in total. The second-order valence-corrected chi connectivity index (χ2v) is 4.69. The second-order valence-electron chi connectivity index (χ2n) is 4.69. The Morgan fingerprint density at radius 2 is 2.11 bits per heavy atom. The number of benzene rings is 1. The Hall–Kier alpha value is -1.82. The Kier molecular flexibility index (Phi) is 3.66. The van der Waals surface area contributed by atoms with Crippen molar-refractivity contribution in [3.05, 3.63) is 35.9 Å². The zero-order chi connectivity index (χ0) is 13.0. The van der Waals surface area contributed by atoms with Crippen LogP contribution in [0.1, 0.15) is 31.7 Å². The van der Waals surface area contributed by atoms with Crippen LogP contribution in [-0.2, 0) is 14.9 Å². The quantitative estimate of drug-likeness (QED) is 0.764. The van der Waals surface area contributed by atoms with Crippen molar-refractivity contribution < 1.29 is 9.53 Å². The van der Waals surface area contributed by atoms with Crippen molar-refractivity contribution in [2.45, 2.75) is 31.6 Å². The van der Waals surface area contributed by atoms with E-state index in [9.17, 15) is 10.1 Å². The van der Waals surface area contributed by atoms with Gasteiger partial charge in [-0.05, 0) is 25.3 Å². The molecule has 0 aromatic heterocycles. The Bertz CT molecular complexity index is 457. The molecule has 1 atom stereocenters. The number of hydrogen-bond acceptors (Lipinski definition) is 3. The van der Waals surface area contributed by atoms with Crippen LogP contribution in [0.25, 0.3) is 0 Å². The fourth-order valence-corrected chi connectivity index (χ4v) is 2.70. The van der Waals surface area contributed by atoms with Crippen molar-refractivity contribution >= 4 is 5.97 Å². The van der Waals surface area contributed by atoms with E-state index in [0.29, 0.717) is 6.61 Å². The molecule has 18 heavy (non-hydrogen) atoms. The third kappa shape index (κ3) is 1.99. The number of nitrogens with zero attached hydrogens (tertiary/aromatic N) is 1. The summed E-state index contributed by atoms with van der Waals surface area (Å²) in [5, 5.41) is 9.33. The molecule has 2 rings (SSSR count). The minimum atomic E-state index is -0.686. The highest BCUT2D eigenvalue weighted by atomic mass is 16.5. The normalized spacial score (nSPS) is 18.2. The van der Waals surface area contributed by atoms with Crippen molar-refractivity contribution in [1.82, 2.24) is 0 Å². The van der Waals surface area contributed by atoms with Gasteiger partial charge in [-0.15, -0.1) is 0 Å². The Morgan fingerprint density at radius 3 is 2.56 bits per heavy atom. The lowest BCUT2D eigenvalue weighted by molar-refractivity contribution is -0.149. The molecule has 1 unspecified atom stereocenters. The molecule has 0 spiro atoms. The van der Waals surface area contributed by atoms with Crippen molar-refractivity contribution in [3.63, 3.8) is 0 Å². The Balaban J connectivity index is 2.32. The van der Waals surface area contributed by atoms with Gasteiger partial charge in [-0.2, -0.15) is 5.26 Å². The molecule has 0 heterocycles. The van der Waals surface area contributed by atoms with Gasteiger partial charge in [0.05, 0.1) is 12.7 Å². The van der Waals surface area contributed by atoms with E-state index in [1.54, 1.807) is 6.92 Å². The molecule has 0 bridgehead atoms. The monoisotopic (exact) mass is 243 g/mol. The summed E-state index contributed by atoms with van der Waals surface area (Å²) >= 11 is 0. The molecule has 1 aliphatic rings. The fourth-order valence-electron chi connectivity index (χ4n) is 2.70. The van der Waals surface area contributed by atoms with Gasteiger partial charge in [0.2, 0.25) is 0 Å². The van der Waals surface area contributed by atoms with Crippen LogP contribution in [0.3, 0.4) is 0 Å². The van der Waals surface area contributed by atoms with Gasteiger partial charge >= 0.3 is 5.97 Å². The van der Waals surface area contributed by atoms with Gasteiger partial charge in [0.15, 0.2) is 5.92 Å². The predicted molar refractivity (Wildman–Crippen MR) is 67.7 cm³/mol. The minimum absolute atomic E-state index is 0.321. The van der Waals surface area contributed by atoms with Gasteiger partial charge in [-0.25, -0.2) is 0 Å². The molecule has 94 valence electrons. The molecule has 0 aliphatic heterocycles. The van der Waals surface area contributed by atoms with Gasteiger partial charge in [-0.1, -0.05) is 36.8 Å². The molecule has 0 saturated heterocycles. The van der Waals surface area contributed by atoms with Crippen LogP contribution in [0.4, 0.5) is 0 Å². The maximum atomic E-state index is 11.9. The molecule has 1 aromatic carbocycles. The zero-order valence-corrected chi connectivity index (χ0v) is 10.6. The lowest BCUT2D eigenvalue weighted by Crippen LogP contribution is -2.45. The summed E-state index contributed by atoms with van der Waals surface area (Å²) in [7, 11) is 0. The standard InChI is InChI=1S/C15H17NO2/c1-2-18-14(17)13(11-16)15(9-6-10-15)12-7-4-3-5-8-12/h3-5,7-8,13H,2,6,9-10H2,1H3. The number of esters is 1. The number of ether oxygens (including phenoxy) is 1. The molecular weight excluding hydrogens is 226 g/mol. The Labute approximate surface area is 107 Å². The maximum Gasteiger partial charge on any atom is 0.324 e. The van der Waals surface area contributed by atoms with Gasteiger partial charge in [0, 0.05) is 5.41 Å². The zero-order valence-electron chi connectivity index (χ0n) is 10.6. The van der Waals surface area contributed by atoms with E-state index in [1.165, 1.54) is 0 Å². The minimum Gasteiger partial charge on any atom is -0.465 e. The third-order valence-corrected chi connectivity index (χ3v) is 3.80. The number of hydrogen-bond donors (Lipinski definition) is 0. The van der Waals surface area contributed by atoms with Crippen LogP contribution in [0.15, 0.2) is 30.3 Å². The van der Waals surface area contributed by atoms with E-state index in [0.717, 1.165) is 24.8 Å². The van der Waals surface area contributed by atoms with E-state index >= 15 is 0 Å². The highest BCUT2D eigenvalue weighted by Crippen LogP contribution is 2.49.